The van der Waals surface area contributed by atoms with E-state index in [0.717, 1.165) is 24.5 Å². The number of hydrogen-bond donors (Lipinski definition) is 1. The van der Waals surface area contributed by atoms with Gasteiger partial charge in [0.2, 0.25) is 0 Å². The van der Waals surface area contributed by atoms with Gasteiger partial charge in [-0.2, -0.15) is 5.10 Å². The van der Waals surface area contributed by atoms with E-state index in [2.05, 4.69) is 22.0 Å². The molecule has 0 spiro atoms. The summed E-state index contributed by atoms with van der Waals surface area (Å²) in [5.41, 5.74) is 8.65. The second-order valence-electron chi connectivity index (χ2n) is 4.28. The van der Waals surface area contributed by atoms with Gasteiger partial charge in [-0.25, -0.2) is 0 Å². The van der Waals surface area contributed by atoms with Crippen LogP contribution >= 0.6 is 0 Å². The first-order valence-corrected chi connectivity index (χ1v) is 5.50. The van der Waals surface area contributed by atoms with Crippen molar-refractivity contribution in [3.63, 3.8) is 0 Å². The Bertz CT molecular complexity index is 491. The predicted octanol–water partition coefficient (Wildman–Crippen LogP) is 1.03. The zero-order chi connectivity index (χ0) is 12.3. The molecule has 0 atom stereocenters. The Hall–Kier alpha value is -1.88. The molecular weight excluding hydrogens is 214 g/mol. The molecule has 2 rings (SSSR count). The molecule has 0 radical (unpaired) electrons. The summed E-state index contributed by atoms with van der Waals surface area (Å²) in [6.45, 7) is 1.63. The third-order valence-electron chi connectivity index (χ3n) is 2.48. The number of hydrogen-bond acceptors (Lipinski definition) is 4. The Kier molecular flexibility index (Phi) is 3.39. The largest absolute Gasteiger partial charge is 0.399 e. The van der Waals surface area contributed by atoms with Crippen molar-refractivity contribution in [3.8, 4) is 0 Å². The standard InChI is InChI=1S/C12H17N5/c1-16(7-10-6-15-17(2)8-10)9-12-5-11(13)3-4-14-12/h3-6,8H,7,9H2,1-2H3,(H2,13,14). The Balaban J connectivity index is 1.95. The Morgan fingerprint density at radius 1 is 1.41 bits per heavy atom. The summed E-state index contributed by atoms with van der Waals surface area (Å²) in [5, 5.41) is 4.15. The average Bonchev–Trinajstić information content (AvgIpc) is 2.63. The lowest BCUT2D eigenvalue weighted by atomic mass is 10.3. The Morgan fingerprint density at radius 3 is 2.88 bits per heavy atom. The van der Waals surface area contributed by atoms with Gasteiger partial charge in [-0.15, -0.1) is 0 Å². The molecule has 5 nitrogen and oxygen atoms in total. The van der Waals surface area contributed by atoms with Crippen molar-refractivity contribution in [1.82, 2.24) is 19.7 Å². The van der Waals surface area contributed by atoms with Crippen LogP contribution in [0.15, 0.2) is 30.7 Å². The Labute approximate surface area is 101 Å². The minimum atomic E-state index is 0.754. The molecule has 0 aromatic carbocycles. The van der Waals surface area contributed by atoms with Gasteiger partial charge in [0.25, 0.3) is 0 Å². The van der Waals surface area contributed by atoms with E-state index in [1.807, 2.05) is 30.2 Å². The third kappa shape index (κ3) is 3.29. The van der Waals surface area contributed by atoms with Gasteiger partial charge in [0.15, 0.2) is 0 Å². The summed E-state index contributed by atoms with van der Waals surface area (Å²) in [6.07, 6.45) is 5.63. The van der Waals surface area contributed by atoms with Gasteiger partial charge in [-0.3, -0.25) is 14.6 Å². The van der Waals surface area contributed by atoms with Gasteiger partial charge in [0.05, 0.1) is 11.9 Å². The molecule has 2 aromatic rings. The van der Waals surface area contributed by atoms with Crippen molar-refractivity contribution in [1.29, 1.82) is 0 Å². The lowest BCUT2D eigenvalue weighted by Crippen LogP contribution is -2.17. The topological polar surface area (TPSA) is 60.0 Å². The van der Waals surface area contributed by atoms with Crippen LogP contribution in [0.4, 0.5) is 5.69 Å². The number of pyridine rings is 1. The van der Waals surface area contributed by atoms with E-state index in [1.165, 1.54) is 5.56 Å². The van der Waals surface area contributed by atoms with Gasteiger partial charge >= 0.3 is 0 Å². The molecule has 0 fully saturated rings. The average molecular weight is 231 g/mol. The highest BCUT2D eigenvalue weighted by molar-refractivity contribution is 5.37. The van der Waals surface area contributed by atoms with Crippen LogP contribution in [0.25, 0.3) is 0 Å². The first-order chi connectivity index (χ1) is 8.13. The van der Waals surface area contributed by atoms with Gasteiger partial charge in [0, 0.05) is 43.8 Å². The van der Waals surface area contributed by atoms with E-state index in [-0.39, 0.29) is 0 Å². The fraction of sp³-hybridized carbons (Fsp3) is 0.333. The van der Waals surface area contributed by atoms with Crippen LogP contribution in [-0.4, -0.2) is 26.7 Å². The maximum atomic E-state index is 5.72. The molecule has 0 unspecified atom stereocenters. The van der Waals surface area contributed by atoms with Crippen molar-refractivity contribution in [2.45, 2.75) is 13.1 Å². The van der Waals surface area contributed by atoms with Crippen LogP contribution < -0.4 is 5.73 Å². The maximum absolute atomic E-state index is 5.72. The molecule has 0 saturated heterocycles. The number of rotatable bonds is 4. The number of nitrogens with two attached hydrogens (primary N) is 1. The maximum Gasteiger partial charge on any atom is 0.0564 e. The van der Waals surface area contributed by atoms with E-state index in [0.29, 0.717) is 0 Å². The van der Waals surface area contributed by atoms with Gasteiger partial charge in [-0.1, -0.05) is 0 Å². The summed E-state index contributed by atoms with van der Waals surface area (Å²) in [6, 6.07) is 3.70. The molecule has 5 heteroatoms. The smallest absolute Gasteiger partial charge is 0.0564 e. The van der Waals surface area contributed by atoms with Crippen molar-refractivity contribution < 1.29 is 0 Å². The number of aryl methyl sites for hydroxylation is 1. The van der Waals surface area contributed by atoms with Crippen LogP contribution in [0, 0.1) is 0 Å². The highest BCUT2D eigenvalue weighted by atomic mass is 15.2. The molecule has 0 aliphatic rings. The van der Waals surface area contributed by atoms with Crippen LogP contribution in [-0.2, 0) is 20.1 Å². The molecule has 0 aliphatic heterocycles. The molecule has 2 heterocycles. The molecular formula is C12H17N5. The second kappa shape index (κ2) is 4.97. The normalized spacial score (nSPS) is 11.0. The van der Waals surface area contributed by atoms with E-state index in [1.54, 1.807) is 12.3 Å². The summed E-state index contributed by atoms with van der Waals surface area (Å²) in [5.74, 6) is 0. The van der Waals surface area contributed by atoms with Crippen molar-refractivity contribution in [2.24, 2.45) is 7.05 Å². The van der Waals surface area contributed by atoms with E-state index in [9.17, 15) is 0 Å². The number of aromatic nitrogens is 3. The summed E-state index contributed by atoms with van der Waals surface area (Å²) in [4.78, 5) is 6.46. The lowest BCUT2D eigenvalue weighted by Gasteiger charge is -2.15. The number of nitrogen functional groups attached to an aromatic ring is 1. The fourth-order valence-corrected chi connectivity index (χ4v) is 1.78. The highest BCUT2D eigenvalue weighted by Crippen LogP contribution is 2.08. The second-order valence-corrected chi connectivity index (χ2v) is 4.28. The summed E-state index contributed by atoms with van der Waals surface area (Å²) >= 11 is 0. The third-order valence-corrected chi connectivity index (χ3v) is 2.48. The molecule has 17 heavy (non-hydrogen) atoms. The SMILES string of the molecule is CN(Cc1cnn(C)c1)Cc1cc(N)ccn1. The lowest BCUT2D eigenvalue weighted by molar-refractivity contribution is 0.315. The van der Waals surface area contributed by atoms with Gasteiger partial charge in [0.1, 0.15) is 0 Å². The number of nitrogens with zero attached hydrogens (tertiary/aromatic N) is 4. The quantitative estimate of drug-likeness (QED) is 0.853. The Morgan fingerprint density at radius 2 is 2.24 bits per heavy atom. The highest BCUT2D eigenvalue weighted by Gasteiger charge is 2.04. The van der Waals surface area contributed by atoms with Crippen molar-refractivity contribution in [2.75, 3.05) is 12.8 Å². The van der Waals surface area contributed by atoms with Crippen LogP contribution in [0.2, 0.25) is 0 Å². The monoisotopic (exact) mass is 231 g/mol. The molecule has 0 saturated carbocycles. The van der Waals surface area contributed by atoms with Crippen LogP contribution in [0.3, 0.4) is 0 Å². The summed E-state index contributed by atoms with van der Waals surface area (Å²) in [7, 11) is 3.97. The van der Waals surface area contributed by atoms with E-state index >= 15 is 0 Å². The zero-order valence-corrected chi connectivity index (χ0v) is 10.2. The fourth-order valence-electron chi connectivity index (χ4n) is 1.78. The number of anilines is 1. The van der Waals surface area contributed by atoms with Crippen LogP contribution in [0.1, 0.15) is 11.3 Å². The molecule has 0 bridgehead atoms. The first-order valence-electron chi connectivity index (χ1n) is 5.50. The molecule has 0 amide bonds. The molecule has 0 aliphatic carbocycles. The minimum absolute atomic E-state index is 0.754. The zero-order valence-electron chi connectivity index (χ0n) is 10.2. The van der Waals surface area contributed by atoms with Crippen molar-refractivity contribution in [3.05, 3.63) is 42.0 Å². The molecule has 2 aromatic heterocycles. The molecule has 2 N–H and O–H groups in total. The first kappa shape index (κ1) is 11.6. The van der Waals surface area contributed by atoms with Gasteiger partial charge in [-0.05, 0) is 19.2 Å². The van der Waals surface area contributed by atoms with Crippen LogP contribution in [0.5, 0.6) is 0 Å². The van der Waals surface area contributed by atoms with E-state index < -0.39 is 0 Å². The van der Waals surface area contributed by atoms with E-state index in [4.69, 9.17) is 5.73 Å². The van der Waals surface area contributed by atoms with Gasteiger partial charge < -0.3 is 5.73 Å². The molecule has 90 valence electrons. The van der Waals surface area contributed by atoms with Crippen molar-refractivity contribution >= 4 is 5.69 Å². The summed E-state index contributed by atoms with van der Waals surface area (Å²) < 4.78 is 1.81. The predicted molar refractivity (Wildman–Crippen MR) is 67.0 cm³/mol. The minimum Gasteiger partial charge on any atom is -0.399 e.